The molecule has 17 heavy (non-hydrogen) atoms. The van der Waals surface area contributed by atoms with E-state index in [0.29, 0.717) is 5.56 Å². The molecule has 0 spiro atoms. The largest absolute Gasteiger partial charge is 0.319 e. The molecule has 0 saturated heterocycles. The van der Waals surface area contributed by atoms with E-state index in [4.69, 9.17) is 5.73 Å². The van der Waals surface area contributed by atoms with Crippen LogP contribution in [-0.2, 0) is 7.05 Å². The molecule has 1 heterocycles. The van der Waals surface area contributed by atoms with Crippen molar-refractivity contribution in [3.8, 4) is 11.3 Å². The van der Waals surface area contributed by atoms with Gasteiger partial charge in [0.25, 0.3) is 6.43 Å². The molecule has 1 atom stereocenters. The van der Waals surface area contributed by atoms with Crippen LogP contribution in [0, 0.1) is 0 Å². The van der Waals surface area contributed by atoms with E-state index in [-0.39, 0.29) is 0 Å². The minimum Gasteiger partial charge on any atom is -0.319 e. The average molecular weight is 237 g/mol. The third-order valence-corrected chi connectivity index (χ3v) is 2.68. The average Bonchev–Trinajstić information content (AvgIpc) is 2.74. The van der Waals surface area contributed by atoms with Gasteiger partial charge in [0.05, 0.1) is 11.7 Å². The summed E-state index contributed by atoms with van der Waals surface area (Å²) in [5.41, 5.74) is 7.66. The highest BCUT2D eigenvalue weighted by Gasteiger charge is 2.17. The minimum atomic E-state index is -2.54. The maximum absolute atomic E-state index is 12.4. The van der Waals surface area contributed by atoms with Gasteiger partial charge in [0.2, 0.25) is 0 Å². The summed E-state index contributed by atoms with van der Waals surface area (Å²) in [7, 11) is 1.83. The Morgan fingerprint density at radius 1 is 1.18 bits per heavy atom. The molecule has 0 aliphatic heterocycles. The van der Waals surface area contributed by atoms with Crippen LogP contribution < -0.4 is 5.73 Å². The number of hydrogen-bond acceptors (Lipinski definition) is 2. The topological polar surface area (TPSA) is 43.8 Å². The van der Waals surface area contributed by atoms with Gasteiger partial charge in [0.15, 0.2) is 0 Å². The smallest absolute Gasteiger partial charge is 0.257 e. The second-order valence-electron chi connectivity index (χ2n) is 3.82. The number of nitrogens with zero attached hydrogens (tertiary/aromatic N) is 2. The fraction of sp³-hybridized carbons (Fsp3) is 0.250. The standard InChI is InChI=1S/C12H13F2N3/c1-17-10(6-7-16-17)8-2-4-9(5-3-8)11(15)12(13)14/h2-7,11-12H,15H2,1H3/t11-/m1/s1. The molecule has 2 N–H and O–H groups in total. The first-order chi connectivity index (χ1) is 8.09. The van der Waals surface area contributed by atoms with Crippen LogP contribution in [0.4, 0.5) is 8.78 Å². The molecule has 0 unspecified atom stereocenters. The Morgan fingerprint density at radius 2 is 1.82 bits per heavy atom. The first-order valence-corrected chi connectivity index (χ1v) is 5.21. The van der Waals surface area contributed by atoms with E-state index in [0.717, 1.165) is 11.3 Å². The van der Waals surface area contributed by atoms with Crippen LogP contribution in [0.25, 0.3) is 11.3 Å². The van der Waals surface area contributed by atoms with Gasteiger partial charge in [-0.3, -0.25) is 4.68 Å². The van der Waals surface area contributed by atoms with Gasteiger partial charge >= 0.3 is 0 Å². The lowest BCUT2D eigenvalue weighted by Crippen LogP contribution is -2.18. The Kier molecular flexibility index (Phi) is 3.19. The van der Waals surface area contributed by atoms with Gasteiger partial charge < -0.3 is 5.73 Å². The van der Waals surface area contributed by atoms with Crippen molar-refractivity contribution in [2.24, 2.45) is 12.8 Å². The van der Waals surface area contributed by atoms with E-state index in [2.05, 4.69) is 5.10 Å². The SMILES string of the molecule is Cn1nccc1-c1ccc([C@@H](N)C(F)F)cc1. The number of nitrogens with two attached hydrogens (primary N) is 1. The van der Waals surface area contributed by atoms with Gasteiger partial charge in [0.1, 0.15) is 0 Å². The first-order valence-electron chi connectivity index (χ1n) is 5.21. The molecular formula is C12H13F2N3. The predicted molar refractivity (Wildman–Crippen MR) is 61.6 cm³/mol. The fourth-order valence-corrected chi connectivity index (χ4v) is 1.68. The minimum absolute atomic E-state index is 0.436. The van der Waals surface area contributed by atoms with Gasteiger partial charge in [-0.1, -0.05) is 24.3 Å². The molecule has 3 nitrogen and oxygen atoms in total. The molecule has 90 valence electrons. The molecule has 0 bridgehead atoms. The lowest BCUT2D eigenvalue weighted by atomic mass is 10.0. The van der Waals surface area contributed by atoms with Crippen LogP contribution >= 0.6 is 0 Å². The molecule has 5 heteroatoms. The van der Waals surface area contributed by atoms with Crippen molar-refractivity contribution in [2.45, 2.75) is 12.5 Å². The molecule has 2 rings (SSSR count). The molecule has 1 aromatic carbocycles. The van der Waals surface area contributed by atoms with Crippen LogP contribution in [0.15, 0.2) is 36.5 Å². The summed E-state index contributed by atoms with van der Waals surface area (Å²) in [6.07, 6.45) is -0.855. The van der Waals surface area contributed by atoms with E-state index >= 15 is 0 Å². The van der Waals surface area contributed by atoms with Crippen molar-refractivity contribution in [3.05, 3.63) is 42.1 Å². The zero-order valence-electron chi connectivity index (χ0n) is 9.35. The molecule has 2 aromatic rings. The molecule has 0 aliphatic rings. The predicted octanol–water partition coefficient (Wildman–Crippen LogP) is 2.35. The van der Waals surface area contributed by atoms with Crippen LogP contribution in [0.1, 0.15) is 11.6 Å². The highest BCUT2D eigenvalue weighted by atomic mass is 19.3. The fourth-order valence-electron chi connectivity index (χ4n) is 1.68. The Bertz CT molecular complexity index is 491. The van der Waals surface area contributed by atoms with E-state index in [1.54, 1.807) is 35.1 Å². The van der Waals surface area contributed by atoms with E-state index in [1.807, 2.05) is 13.1 Å². The van der Waals surface area contributed by atoms with Crippen LogP contribution in [0.2, 0.25) is 0 Å². The third kappa shape index (κ3) is 2.34. The van der Waals surface area contributed by atoms with Crippen LogP contribution in [0.5, 0.6) is 0 Å². The number of benzene rings is 1. The number of rotatable bonds is 3. The Labute approximate surface area is 97.9 Å². The summed E-state index contributed by atoms with van der Waals surface area (Å²) >= 11 is 0. The monoisotopic (exact) mass is 237 g/mol. The molecule has 1 aromatic heterocycles. The van der Waals surface area contributed by atoms with E-state index in [1.165, 1.54) is 0 Å². The molecule has 0 saturated carbocycles. The Balaban J connectivity index is 2.28. The highest BCUT2D eigenvalue weighted by molar-refractivity contribution is 5.59. The van der Waals surface area contributed by atoms with Gasteiger partial charge in [-0.2, -0.15) is 5.10 Å². The Hall–Kier alpha value is -1.75. The van der Waals surface area contributed by atoms with Gasteiger partial charge in [-0.25, -0.2) is 8.78 Å². The van der Waals surface area contributed by atoms with Crippen LogP contribution in [0.3, 0.4) is 0 Å². The molecular weight excluding hydrogens is 224 g/mol. The summed E-state index contributed by atoms with van der Waals surface area (Å²) in [6, 6.07) is 7.43. The van der Waals surface area contributed by atoms with Gasteiger partial charge in [-0.15, -0.1) is 0 Å². The van der Waals surface area contributed by atoms with Crippen molar-refractivity contribution in [3.63, 3.8) is 0 Å². The third-order valence-electron chi connectivity index (χ3n) is 2.68. The lowest BCUT2D eigenvalue weighted by molar-refractivity contribution is 0.116. The summed E-state index contributed by atoms with van der Waals surface area (Å²) in [5.74, 6) is 0. The second kappa shape index (κ2) is 4.63. The number of aryl methyl sites for hydroxylation is 1. The zero-order chi connectivity index (χ0) is 12.4. The van der Waals surface area contributed by atoms with Gasteiger partial charge in [-0.05, 0) is 17.2 Å². The number of halogens is 2. The quantitative estimate of drug-likeness (QED) is 0.890. The summed E-state index contributed by atoms with van der Waals surface area (Å²) < 4.78 is 26.6. The first kappa shape index (κ1) is 11.7. The number of hydrogen-bond donors (Lipinski definition) is 1. The van der Waals surface area contributed by atoms with Crippen molar-refractivity contribution in [1.82, 2.24) is 9.78 Å². The van der Waals surface area contributed by atoms with Crippen molar-refractivity contribution in [2.75, 3.05) is 0 Å². The van der Waals surface area contributed by atoms with E-state index in [9.17, 15) is 8.78 Å². The van der Waals surface area contributed by atoms with Crippen molar-refractivity contribution in [1.29, 1.82) is 0 Å². The molecule has 0 fully saturated rings. The lowest BCUT2D eigenvalue weighted by Gasteiger charge is -2.11. The number of aromatic nitrogens is 2. The second-order valence-corrected chi connectivity index (χ2v) is 3.82. The normalized spacial score (nSPS) is 13.0. The van der Waals surface area contributed by atoms with Crippen LogP contribution in [-0.4, -0.2) is 16.2 Å². The van der Waals surface area contributed by atoms with E-state index < -0.39 is 12.5 Å². The molecule has 0 radical (unpaired) electrons. The van der Waals surface area contributed by atoms with Gasteiger partial charge in [0, 0.05) is 13.2 Å². The highest BCUT2D eigenvalue weighted by Crippen LogP contribution is 2.23. The van der Waals surface area contributed by atoms with Crippen molar-refractivity contribution < 1.29 is 8.78 Å². The van der Waals surface area contributed by atoms with Crippen molar-refractivity contribution >= 4 is 0 Å². The summed E-state index contributed by atoms with van der Waals surface area (Å²) in [6.45, 7) is 0. The maximum atomic E-state index is 12.4. The summed E-state index contributed by atoms with van der Waals surface area (Å²) in [4.78, 5) is 0. The number of alkyl halides is 2. The molecule has 0 aliphatic carbocycles. The molecule has 0 amide bonds. The Morgan fingerprint density at radius 3 is 2.29 bits per heavy atom. The zero-order valence-corrected chi connectivity index (χ0v) is 9.35. The summed E-state index contributed by atoms with van der Waals surface area (Å²) in [5, 5.41) is 4.05. The maximum Gasteiger partial charge on any atom is 0.257 e.